The van der Waals surface area contributed by atoms with Crippen LogP contribution in [-0.4, -0.2) is 18.5 Å². The molecule has 6 heteroatoms. The Morgan fingerprint density at radius 1 is 1.08 bits per heavy atom. The molecule has 0 radical (unpaired) electrons. The van der Waals surface area contributed by atoms with E-state index in [1.807, 2.05) is 0 Å². The highest BCUT2D eigenvalue weighted by Gasteiger charge is 2.53. The highest BCUT2D eigenvalue weighted by Crippen LogP contribution is 2.38. The Hall–Kier alpha value is -0.680. The standard InChI is InChI=1S/C6H6F6/c7-3-1-5(9,10)6(11,12)2-4-8/h1,3H,2,4H2. The third-order valence-electron chi connectivity index (χ3n) is 1.17. The second kappa shape index (κ2) is 3.82. The molecule has 72 valence electrons. The Balaban J connectivity index is 4.50. The fourth-order valence-corrected chi connectivity index (χ4v) is 0.486. The van der Waals surface area contributed by atoms with Crippen molar-refractivity contribution in [2.45, 2.75) is 18.3 Å². The number of alkyl halides is 5. The van der Waals surface area contributed by atoms with Crippen LogP contribution in [0.4, 0.5) is 26.3 Å². The number of rotatable bonds is 4. The Morgan fingerprint density at radius 3 is 1.92 bits per heavy atom. The molecule has 0 atom stereocenters. The minimum absolute atomic E-state index is 0.595. The first-order chi connectivity index (χ1) is 5.37. The van der Waals surface area contributed by atoms with Crippen LogP contribution in [0.15, 0.2) is 12.4 Å². The van der Waals surface area contributed by atoms with Gasteiger partial charge in [-0.15, -0.1) is 0 Å². The van der Waals surface area contributed by atoms with Crippen LogP contribution in [0.25, 0.3) is 0 Å². The van der Waals surface area contributed by atoms with E-state index in [1.54, 1.807) is 0 Å². The maximum absolute atomic E-state index is 12.2. The largest absolute Gasteiger partial charge is 0.331 e. The molecule has 0 unspecified atom stereocenters. The lowest BCUT2D eigenvalue weighted by Crippen LogP contribution is -2.39. The van der Waals surface area contributed by atoms with E-state index in [4.69, 9.17) is 0 Å². The van der Waals surface area contributed by atoms with Crippen molar-refractivity contribution >= 4 is 0 Å². The van der Waals surface area contributed by atoms with Gasteiger partial charge in [-0.25, -0.2) is 4.39 Å². The minimum atomic E-state index is -4.63. The van der Waals surface area contributed by atoms with Crippen molar-refractivity contribution in [2.24, 2.45) is 0 Å². The summed E-state index contributed by atoms with van der Waals surface area (Å²) in [5.74, 6) is -9.17. The van der Waals surface area contributed by atoms with Gasteiger partial charge in [-0.1, -0.05) is 0 Å². The van der Waals surface area contributed by atoms with Crippen molar-refractivity contribution in [3.05, 3.63) is 12.4 Å². The minimum Gasteiger partial charge on any atom is -0.251 e. The van der Waals surface area contributed by atoms with Crippen molar-refractivity contribution in [3.63, 3.8) is 0 Å². The normalized spacial score (nSPS) is 14.2. The summed E-state index contributed by atoms with van der Waals surface area (Å²) in [6.07, 6.45) is -2.90. The van der Waals surface area contributed by atoms with Crippen LogP contribution in [0.2, 0.25) is 0 Å². The zero-order chi connectivity index (χ0) is 9.83. The van der Waals surface area contributed by atoms with Crippen molar-refractivity contribution in [2.75, 3.05) is 6.67 Å². The van der Waals surface area contributed by atoms with E-state index in [9.17, 15) is 26.3 Å². The fourth-order valence-electron chi connectivity index (χ4n) is 0.486. The lowest BCUT2D eigenvalue weighted by Gasteiger charge is -2.21. The van der Waals surface area contributed by atoms with Gasteiger partial charge in [-0.2, -0.15) is 17.6 Å². The zero-order valence-electron chi connectivity index (χ0n) is 5.84. The fraction of sp³-hybridized carbons (Fsp3) is 0.667. The first-order valence-corrected chi connectivity index (χ1v) is 2.97. The van der Waals surface area contributed by atoms with E-state index >= 15 is 0 Å². The predicted octanol–water partition coefficient (Wildman–Crippen LogP) is 3.10. The van der Waals surface area contributed by atoms with Crippen LogP contribution >= 0.6 is 0 Å². The molecule has 0 fully saturated rings. The monoisotopic (exact) mass is 192 g/mol. The average Bonchev–Trinajstić information content (AvgIpc) is 1.86. The van der Waals surface area contributed by atoms with Gasteiger partial charge in [0.05, 0.1) is 13.0 Å². The molecule has 0 saturated heterocycles. The summed E-state index contributed by atoms with van der Waals surface area (Å²) in [7, 11) is 0. The molecule has 0 bridgehead atoms. The van der Waals surface area contributed by atoms with E-state index in [-0.39, 0.29) is 0 Å². The Bertz CT molecular complexity index is 161. The van der Waals surface area contributed by atoms with E-state index in [1.165, 1.54) is 0 Å². The molecule has 0 aliphatic rings. The summed E-state index contributed by atoms with van der Waals surface area (Å²) in [6.45, 7) is -1.58. The molecule has 0 heterocycles. The van der Waals surface area contributed by atoms with Gasteiger partial charge in [0.2, 0.25) is 0 Å². The summed E-state index contributed by atoms with van der Waals surface area (Å²) in [6, 6.07) is 0. The van der Waals surface area contributed by atoms with Crippen molar-refractivity contribution in [3.8, 4) is 0 Å². The molecule has 0 N–H and O–H groups in total. The van der Waals surface area contributed by atoms with E-state index < -0.39 is 37.3 Å². The van der Waals surface area contributed by atoms with Gasteiger partial charge in [-0.05, 0) is 0 Å². The summed E-state index contributed by atoms with van der Waals surface area (Å²) in [4.78, 5) is 0. The molecular weight excluding hydrogens is 186 g/mol. The van der Waals surface area contributed by atoms with Crippen LogP contribution < -0.4 is 0 Å². The van der Waals surface area contributed by atoms with Crippen LogP contribution in [-0.2, 0) is 0 Å². The smallest absolute Gasteiger partial charge is 0.251 e. The quantitative estimate of drug-likeness (QED) is 0.600. The topological polar surface area (TPSA) is 0 Å². The molecule has 0 rings (SSSR count). The maximum atomic E-state index is 12.2. The van der Waals surface area contributed by atoms with E-state index in [0.29, 0.717) is 0 Å². The lowest BCUT2D eigenvalue weighted by atomic mass is 10.1. The van der Waals surface area contributed by atoms with Crippen molar-refractivity contribution < 1.29 is 26.3 Å². The van der Waals surface area contributed by atoms with Gasteiger partial charge >= 0.3 is 11.8 Å². The predicted molar refractivity (Wildman–Crippen MR) is 30.7 cm³/mol. The SMILES string of the molecule is FC=CC(F)(F)C(F)(F)CCF. The first kappa shape index (κ1) is 11.3. The van der Waals surface area contributed by atoms with Gasteiger partial charge in [0.15, 0.2) is 0 Å². The summed E-state index contributed by atoms with van der Waals surface area (Å²) < 4.78 is 71.2. The van der Waals surface area contributed by atoms with Crippen molar-refractivity contribution in [1.29, 1.82) is 0 Å². The number of hydrogen-bond acceptors (Lipinski definition) is 0. The first-order valence-electron chi connectivity index (χ1n) is 2.97. The maximum Gasteiger partial charge on any atom is 0.331 e. The highest BCUT2D eigenvalue weighted by molar-refractivity contribution is 4.99. The van der Waals surface area contributed by atoms with Gasteiger partial charge < -0.3 is 0 Å². The Morgan fingerprint density at radius 2 is 1.58 bits per heavy atom. The Labute approximate surface area is 64.9 Å². The number of allylic oxidation sites excluding steroid dienone is 1. The average molecular weight is 192 g/mol. The van der Waals surface area contributed by atoms with Gasteiger partial charge in [0.1, 0.15) is 0 Å². The van der Waals surface area contributed by atoms with Gasteiger partial charge in [-0.3, -0.25) is 4.39 Å². The molecular formula is C6H6F6. The molecule has 0 aromatic heterocycles. The van der Waals surface area contributed by atoms with E-state index in [2.05, 4.69) is 0 Å². The van der Waals surface area contributed by atoms with Crippen LogP contribution in [0.1, 0.15) is 6.42 Å². The highest BCUT2D eigenvalue weighted by atomic mass is 19.3. The molecule has 0 amide bonds. The van der Waals surface area contributed by atoms with Crippen molar-refractivity contribution in [1.82, 2.24) is 0 Å². The lowest BCUT2D eigenvalue weighted by molar-refractivity contribution is -0.184. The third kappa shape index (κ3) is 2.42. The summed E-state index contributed by atoms with van der Waals surface area (Å²) in [5, 5.41) is 0. The molecule has 0 aliphatic carbocycles. The third-order valence-corrected chi connectivity index (χ3v) is 1.17. The summed E-state index contributed by atoms with van der Waals surface area (Å²) >= 11 is 0. The molecule has 12 heavy (non-hydrogen) atoms. The molecule has 0 saturated carbocycles. The number of halogens is 6. The van der Waals surface area contributed by atoms with Crippen LogP contribution in [0, 0.1) is 0 Å². The molecule has 0 aromatic carbocycles. The van der Waals surface area contributed by atoms with Gasteiger partial charge in [0.25, 0.3) is 0 Å². The molecule has 0 aromatic rings. The van der Waals surface area contributed by atoms with E-state index in [0.717, 1.165) is 0 Å². The zero-order valence-corrected chi connectivity index (χ0v) is 5.84. The van der Waals surface area contributed by atoms with Crippen LogP contribution in [0.3, 0.4) is 0 Å². The van der Waals surface area contributed by atoms with Gasteiger partial charge in [0, 0.05) is 12.5 Å². The second-order valence-corrected chi connectivity index (χ2v) is 2.06. The summed E-state index contributed by atoms with van der Waals surface area (Å²) in [5.41, 5.74) is 0. The van der Waals surface area contributed by atoms with Crippen LogP contribution in [0.5, 0.6) is 0 Å². The molecule has 0 aliphatic heterocycles. The Kier molecular flexibility index (Phi) is 3.60. The second-order valence-electron chi connectivity index (χ2n) is 2.06. The number of hydrogen-bond donors (Lipinski definition) is 0. The molecule has 0 nitrogen and oxygen atoms in total. The molecule has 0 spiro atoms.